The Bertz CT molecular complexity index is 702. The van der Waals surface area contributed by atoms with Crippen LogP contribution in [-0.2, 0) is 11.2 Å². The maximum Gasteiger partial charge on any atom is 0.228 e. The van der Waals surface area contributed by atoms with Gasteiger partial charge in [0.1, 0.15) is 5.82 Å². The number of benzene rings is 2. The molecule has 0 saturated heterocycles. The fourth-order valence-corrected chi connectivity index (χ4v) is 3.09. The summed E-state index contributed by atoms with van der Waals surface area (Å²) in [6.45, 7) is 0. The summed E-state index contributed by atoms with van der Waals surface area (Å²) >= 11 is 6.73. The minimum atomic E-state index is -0.287. The van der Waals surface area contributed by atoms with Crippen LogP contribution in [0.1, 0.15) is 21.5 Å². The number of carbonyl (C=O) groups is 1. The lowest BCUT2D eigenvalue weighted by atomic mass is 10.0. The average Bonchev–Trinajstić information content (AvgIpc) is 2.80. The van der Waals surface area contributed by atoms with Crippen molar-refractivity contribution in [3.8, 4) is 0 Å². The van der Waals surface area contributed by atoms with E-state index in [-0.39, 0.29) is 16.6 Å². The zero-order valence-electron chi connectivity index (χ0n) is 10.3. The summed E-state index contributed by atoms with van der Waals surface area (Å²) in [4.78, 5) is 11.3. The van der Waals surface area contributed by atoms with Crippen molar-refractivity contribution in [3.05, 3.63) is 63.4 Å². The number of carbonyl (C=O) groups excluding carboxylic acids is 1. The molecule has 0 aliphatic carbocycles. The second kappa shape index (κ2) is 5.30. The highest BCUT2D eigenvalue weighted by Crippen LogP contribution is 2.35. The van der Waals surface area contributed by atoms with Crippen LogP contribution in [0.25, 0.3) is 0 Å². The lowest BCUT2D eigenvalue weighted by Gasteiger charge is -2.12. The summed E-state index contributed by atoms with van der Waals surface area (Å²) in [5, 5.41) is 2.80. The standard InChI is InChI=1S/C15H10Br2FNO/c16-11-3-1-9(6-12(11)18)15(17)8-2-4-13-10(5-8)7-14(20)19-13/h1-6,15H,7H2,(H,19,20). The van der Waals surface area contributed by atoms with Crippen molar-refractivity contribution in [1.29, 1.82) is 0 Å². The van der Waals surface area contributed by atoms with Crippen molar-refractivity contribution >= 4 is 43.5 Å². The first kappa shape index (κ1) is 13.8. The molecule has 0 aromatic heterocycles. The number of hydrogen-bond acceptors (Lipinski definition) is 1. The smallest absolute Gasteiger partial charge is 0.228 e. The van der Waals surface area contributed by atoms with Gasteiger partial charge in [-0.3, -0.25) is 4.79 Å². The Morgan fingerprint density at radius 3 is 2.60 bits per heavy atom. The first-order valence-corrected chi connectivity index (χ1v) is 7.77. The van der Waals surface area contributed by atoms with Crippen molar-refractivity contribution in [2.75, 3.05) is 5.32 Å². The van der Waals surface area contributed by atoms with Gasteiger partial charge in [0.25, 0.3) is 0 Å². The molecule has 0 spiro atoms. The highest BCUT2D eigenvalue weighted by molar-refractivity contribution is 9.10. The molecule has 1 aliphatic heterocycles. The monoisotopic (exact) mass is 397 g/mol. The molecule has 1 aliphatic rings. The Labute approximate surface area is 132 Å². The van der Waals surface area contributed by atoms with Crippen molar-refractivity contribution in [2.24, 2.45) is 0 Å². The first-order chi connectivity index (χ1) is 9.54. The molecule has 0 fully saturated rings. The quantitative estimate of drug-likeness (QED) is 0.737. The summed E-state index contributed by atoms with van der Waals surface area (Å²) < 4.78 is 14.1. The number of amides is 1. The van der Waals surface area contributed by atoms with Gasteiger partial charge in [-0.1, -0.05) is 34.1 Å². The predicted molar refractivity (Wildman–Crippen MR) is 83.6 cm³/mol. The van der Waals surface area contributed by atoms with Gasteiger partial charge in [0.15, 0.2) is 0 Å². The zero-order valence-corrected chi connectivity index (χ0v) is 13.5. The Kier molecular flexibility index (Phi) is 3.65. The lowest BCUT2D eigenvalue weighted by Crippen LogP contribution is -2.03. The molecular formula is C15H10Br2FNO. The largest absolute Gasteiger partial charge is 0.326 e. The van der Waals surface area contributed by atoms with Gasteiger partial charge < -0.3 is 5.32 Å². The predicted octanol–water partition coefficient (Wildman–Crippen LogP) is 4.57. The van der Waals surface area contributed by atoms with E-state index < -0.39 is 0 Å². The van der Waals surface area contributed by atoms with Gasteiger partial charge in [0, 0.05) is 5.69 Å². The number of halogens is 3. The molecule has 102 valence electrons. The molecule has 2 nitrogen and oxygen atoms in total. The number of alkyl halides is 1. The van der Waals surface area contributed by atoms with Crippen molar-refractivity contribution in [1.82, 2.24) is 0 Å². The molecule has 2 aromatic rings. The van der Waals surface area contributed by atoms with Crippen LogP contribution in [-0.4, -0.2) is 5.91 Å². The fourth-order valence-electron chi connectivity index (χ4n) is 2.27. The van der Waals surface area contributed by atoms with E-state index in [0.717, 1.165) is 22.4 Å². The zero-order chi connectivity index (χ0) is 14.3. The van der Waals surface area contributed by atoms with E-state index >= 15 is 0 Å². The Morgan fingerprint density at radius 2 is 1.85 bits per heavy atom. The summed E-state index contributed by atoms with van der Waals surface area (Å²) in [6, 6.07) is 10.9. The van der Waals surface area contributed by atoms with Crippen LogP contribution in [0.3, 0.4) is 0 Å². The number of fused-ring (bicyclic) bond motifs is 1. The molecule has 1 heterocycles. The van der Waals surface area contributed by atoms with Crippen LogP contribution in [0, 0.1) is 5.82 Å². The normalized spacial score (nSPS) is 14.8. The number of rotatable bonds is 2. The van der Waals surface area contributed by atoms with E-state index in [1.54, 1.807) is 6.07 Å². The Morgan fingerprint density at radius 1 is 1.15 bits per heavy atom. The van der Waals surface area contributed by atoms with Crippen LogP contribution in [0.15, 0.2) is 40.9 Å². The second-order valence-electron chi connectivity index (χ2n) is 4.68. The van der Waals surface area contributed by atoms with E-state index in [0.29, 0.717) is 10.9 Å². The number of anilines is 1. The topological polar surface area (TPSA) is 29.1 Å². The molecule has 0 saturated carbocycles. The lowest BCUT2D eigenvalue weighted by molar-refractivity contribution is -0.115. The van der Waals surface area contributed by atoms with Crippen molar-refractivity contribution in [2.45, 2.75) is 11.2 Å². The third kappa shape index (κ3) is 2.52. The van der Waals surface area contributed by atoms with Gasteiger partial charge in [-0.2, -0.15) is 0 Å². The summed E-state index contributed by atoms with van der Waals surface area (Å²) in [5.74, 6) is -0.275. The van der Waals surface area contributed by atoms with Gasteiger partial charge in [-0.15, -0.1) is 0 Å². The third-order valence-electron chi connectivity index (χ3n) is 3.28. The molecule has 3 rings (SSSR count). The van der Waals surface area contributed by atoms with Gasteiger partial charge >= 0.3 is 0 Å². The van der Waals surface area contributed by atoms with Gasteiger partial charge in [-0.25, -0.2) is 4.39 Å². The van der Waals surface area contributed by atoms with Crippen molar-refractivity contribution < 1.29 is 9.18 Å². The van der Waals surface area contributed by atoms with Crippen molar-refractivity contribution in [3.63, 3.8) is 0 Å². The van der Waals surface area contributed by atoms with E-state index in [1.807, 2.05) is 24.3 Å². The average molecular weight is 399 g/mol. The summed E-state index contributed by atoms with van der Waals surface area (Å²) in [5.41, 5.74) is 3.68. The Balaban J connectivity index is 1.94. The minimum absolute atomic E-state index is 0.0120. The third-order valence-corrected chi connectivity index (χ3v) is 4.98. The molecule has 1 unspecified atom stereocenters. The number of hydrogen-bond donors (Lipinski definition) is 1. The first-order valence-electron chi connectivity index (χ1n) is 6.06. The van der Waals surface area contributed by atoms with E-state index in [1.165, 1.54) is 6.07 Å². The van der Waals surface area contributed by atoms with E-state index in [2.05, 4.69) is 37.2 Å². The molecule has 1 N–H and O–H groups in total. The summed E-state index contributed by atoms with van der Waals surface area (Å²) in [6.07, 6.45) is 0.400. The van der Waals surface area contributed by atoms with Gasteiger partial charge in [0.05, 0.1) is 15.7 Å². The molecule has 5 heteroatoms. The van der Waals surface area contributed by atoms with Crippen LogP contribution < -0.4 is 5.32 Å². The second-order valence-corrected chi connectivity index (χ2v) is 6.45. The minimum Gasteiger partial charge on any atom is -0.326 e. The molecule has 0 radical (unpaired) electrons. The highest BCUT2D eigenvalue weighted by atomic mass is 79.9. The van der Waals surface area contributed by atoms with Gasteiger partial charge in [-0.05, 0) is 50.8 Å². The van der Waals surface area contributed by atoms with Crippen LogP contribution in [0.4, 0.5) is 10.1 Å². The molecule has 1 amide bonds. The molecule has 2 aromatic carbocycles. The molecule has 1 atom stereocenters. The highest BCUT2D eigenvalue weighted by Gasteiger charge is 2.20. The SMILES string of the molecule is O=C1Cc2cc(C(Br)c3ccc(Br)c(F)c3)ccc2N1. The molecule has 0 bridgehead atoms. The molecular weight excluding hydrogens is 389 g/mol. The molecule has 20 heavy (non-hydrogen) atoms. The van der Waals surface area contributed by atoms with Crippen LogP contribution in [0.2, 0.25) is 0 Å². The maximum atomic E-state index is 13.6. The summed E-state index contributed by atoms with van der Waals surface area (Å²) in [7, 11) is 0. The number of nitrogens with one attached hydrogen (secondary N) is 1. The van der Waals surface area contributed by atoms with Crippen LogP contribution in [0.5, 0.6) is 0 Å². The fraction of sp³-hybridized carbons (Fsp3) is 0.133. The van der Waals surface area contributed by atoms with Gasteiger partial charge in [0.2, 0.25) is 5.91 Å². The van der Waals surface area contributed by atoms with E-state index in [9.17, 15) is 9.18 Å². The Hall–Kier alpha value is -1.20. The maximum absolute atomic E-state index is 13.6. The van der Waals surface area contributed by atoms with E-state index in [4.69, 9.17) is 0 Å². The van der Waals surface area contributed by atoms with Crippen LogP contribution >= 0.6 is 31.9 Å².